The molecule has 0 saturated heterocycles. The van der Waals surface area contributed by atoms with Crippen LogP contribution in [0, 0.1) is 6.92 Å². The smallest absolute Gasteiger partial charge is 0.0914 e. The van der Waals surface area contributed by atoms with E-state index in [2.05, 4.69) is 43.2 Å². The van der Waals surface area contributed by atoms with Crippen LogP contribution in [0.5, 0.6) is 0 Å². The van der Waals surface area contributed by atoms with E-state index in [1.807, 2.05) is 10.9 Å². The van der Waals surface area contributed by atoms with E-state index < -0.39 is 6.10 Å². The molecular weight excluding hydrogens is 256 g/mol. The standard InChI is InChI=1S/C15H20N2OS/c1-3-8-17-10-13(9-16-17)15(18)11-19-14-6-4-12(2)5-7-14/h4-7,9-10,15,18H,3,8,11H2,1-2H3. The van der Waals surface area contributed by atoms with Crippen LogP contribution >= 0.6 is 11.8 Å². The van der Waals surface area contributed by atoms with E-state index >= 15 is 0 Å². The molecule has 0 aliphatic heterocycles. The highest BCUT2D eigenvalue weighted by Crippen LogP contribution is 2.24. The van der Waals surface area contributed by atoms with Crippen LogP contribution in [0.1, 0.15) is 30.6 Å². The third-order valence-electron chi connectivity index (χ3n) is 2.92. The monoisotopic (exact) mass is 276 g/mol. The van der Waals surface area contributed by atoms with Crippen molar-refractivity contribution in [2.24, 2.45) is 0 Å². The molecule has 0 saturated carbocycles. The van der Waals surface area contributed by atoms with Gasteiger partial charge in [-0.25, -0.2) is 0 Å². The van der Waals surface area contributed by atoms with Crippen LogP contribution < -0.4 is 0 Å². The van der Waals surface area contributed by atoms with E-state index in [1.54, 1.807) is 18.0 Å². The summed E-state index contributed by atoms with van der Waals surface area (Å²) in [6.45, 7) is 5.09. The van der Waals surface area contributed by atoms with Gasteiger partial charge in [0.1, 0.15) is 0 Å². The average Bonchev–Trinajstić information content (AvgIpc) is 2.87. The van der Waals surface area contributed by atoms with Crippen molar-refractivity contribution in [3.63, 3.8) is 0 Å². The summed E-state index contributed by atoms with van der Waals surface area (Å²) in [6.07, 6.45) is 4.28. The number of thioether (sulfide) groups is 1. The molecule has 2 aromatic rings. The van der Waals surface area contributed by atoms with Crippen LogP contribution in [0.4, 0.5) is 0 Å². The molecule has 1 unspecified atom stereocenters. The molecule has 0 aliphatic carbocycles. The second-order valence-corrected chi connectivity index (χ2v) is 5.77. The average molecular weight is 276 g/mol. The summed E-state index contributed by atoms with van der Waals surface area (Å²) in [7, 11) is 0. The highest BCUT2D eigenvalue weighted by molar-refractivity contribution is 7.99. The van der Waals surface area contributed by atoms with Crippen LogP contribution in [-0.4, -0.2) is 20.6 Å². The molecule has 0 aliphatic rings. The third-order valence-corrected chi connectivity index (χ3v) is 4.01. The Hall–Kier alpha value is -1.26. The van der Waals surface area contributed by atoms with Gasteiger partial charge in [0, 0.05) is 29.0 Å². The molecular formula is C15H20N2OS. The maximum atomic E-state index is 10.1. The van der Waals surface area contributed by atoms with Crippen molar-refractivity contribution in [2.45, 2.75) is 37.8 Å². The number of benzene rings is 1. The Balaban J connectivity index is 1.89. The van der Waals surface area contributed by atoms with Crippen molar-refractivity contribution in [1.82, 2.24) is 9.78 Å². The minimum absolute atomic E-state index is 0.461. The summed E-state index contributed by atoms with van der Waals surface area (Å²) in [5.41, 5.74) is 2.15. The number of hydrogen-bond acceptors (Lipinski definition) is 3. The molecule has 102 valence electrons. The van der Waals surface area contributed by atoms with Crippen molar-refractivity contribution in [3.05, 3.63) is 47.8 Å². The second-order valence-electron chi connectivity index (χ2n) is 4.68. The molecule has 4 heteroatoms. The molecule has 0 bridgehead atoms. The van der Waals surface area contributed by atoms with Gasteiger partial charge in [-0.15, -0.1) is 11.8 Å². The van der Waals surface area contributed by atoms with Gasteiger partial charge < -0.3 is 5.11 Å². The number of rotatable bonds is 6. The van der Waals surface area contributed by atoms with Gasteiger partial charge in [0.2, 0.25) is 0 Å². The molecule has 1 aromatic heterocycles. The fraction of sp³-hybridized carbons (Fsp3) is 0.400. The first-order valence-electron chi connectivity index (χ1n) is 6.59. The Morgan fingerprint density at radius 3 is 2.74 bits per heavy atom. The summed E-state index contributed by atoms with van der Waals surface area (Å²) in [5.74, 6) is 0.654. The van der Waals surface area contributed by atoms with Gasteiger partial charge in [-0.05, 0) is 25.5 Å². The van der Waals surface area contributed by atoms with E-state index in [1.165, 1.54) is 10.5 Å². The van der Waals surface area contributed by atoms with Crippen molar-refractivity contribution in [3.8, 4) is 0 Å². The Morgan fingerprint density at radius 1 is 1.32 bits per heavy atom. The molecule has 0 radical (unpaired) electrons. The summed E-state index contributed by atoms with van der Waals surface area (Å²) < 4.78 is 1.88. The Kier molecular flexibility index (Phi) is 5.05. The van der Waals surface area contributed by atoms with Crippen molar-refractivity contribution >= 4 is 11.8 Å². The molecule has 19 heavy (non-hydrogen) atoms. The molecule has 3 nitrogen and oxygen atoms in total. The van der Waals surface area contributed by atoms with Crippen LogP contribution in [0.3, 0.4) is 0 Å². The zero-order chi connectivity index (χ0) is 13.7. The van der Waals surface area contributed by atoms with Crippen LogP contribution in [0.25, 0.3) is 0 Å². The van der Waals surface area contributed by atoms with Gasteiger partial charge in [-0.1, -0.05) is 24.6 Å². The molecule has 0 amide bonds. The van der Waals surface area contributed by atoms with E-state index in [9.17, 15) is 5.11 Å². The van der Waals surface area contributed by atoms with Gasteiger partial charge in [0.25, 0.3) is 0 Å². The third kappa shape index (κ3) is 4.11. The first-order chi connectivity index (χ1) is 9.19. The number of aryl methyl sites for hydroxylation is 2. The van der Waals surface area contributed by atoms with Crippen LogP contribution in [-0.2, 0) is 6.54 Å². The molecule has 1 heterocycles. The van der Waals surface area contributed by atoms with E-state index in [0.29, 0.717) is 5.75 Å². The maximum Gasteiger partial charge on any atom is 0.0914 e. The number of aromatic nitrogens is 2. The van der Waals surface area contributed by atoms with E-state index in [0.717, 1.165) is 18.5 Å². The van der Waals surface area contributed by atoms with E-state index in [-0.39, 0.29) is 0 Å². The maximum absolute atomic E-state index is 10.1. The van der Waals surface area contributed by atoms with Crippen LogP contribution in [0.15, 0.2) is 41.6 Å². The quantitative estimate of drug-likeness (QED) is 0.821. The minimum Gasteiger partial charge on any atom is -0.387 e. The molecule has 1 N–H and O–H groups in total. The lowest BCUT2D eigenvalue weighted by molar-refractivity contribution is 0.204. The lowest BCUT2D eigenvalue weighted by atomic mass is 10.2. The van der Waals surface area contributed by atoms with Crippen LogP contribution in [0.2, 0.25) is 0 Å². The van der Waals surface area contributed by atoms with Gasteiger partial charge >= 0.3 is 0 Å². The molecule has 1 aromatic carbocycles. The summed E-state index contributed by atoms with van der Waals surface area (Å²) >= 11 is 1.67. The van der Waals surface area contributed by atoms with Crippen molar-refractivity contribution in [2.75, 3.05) is 5.75 Å². The largest absolute Gasteiger partial charge is 0.387 e. The Morgan fingerprint density at radius 2 is 2.05 bits per heavy atom. The number of aliphatic hydroxyl groups excluding tert-OH is 1. The van der Waals surface area contributed by atoms with Gasteiger partial charge in [0.15, 0.2) is 0 Å². The topological polar surface area (TPSA) is 38.0 Å². The number of nitrogens with zero attached hydrogens (tertiary/aromatic N) is 2. The molecule has 0 spiro atoms. The predicted octanol–water partition coefficient (Wildman–Crippen LogP) is 3.43. The number of hydrogen-bond donors (Lipinski definition) is 1. The SMILES string of the molecule is CCCn1cc(C(O)CSc2ccc(C)cc2)cn1. The lowest BCUT2D eigenvalue weighted by Gasteiger charge is -2.08. The zero-order valence-corrected chi connectivity index (χ0v) is 12.2. The van der Waals surface area contributed by atoms with Crippen molar-refractivity contribution < 1.29 is 5.11 Å². The highest BCUT2D eigenvalue weighted by atomic mass is 32.2. The first kappa shape index (κ1) is 14.2. The summed E-state index contributed by atoms with van der Waals surface area (Å²) in [4.78, 5) is 1.19. The fourth-order valence-corrected chi connectivity index (χ4v) is 2.68. The predicted molar refractivity (Wildman–Crippen MR) is 79.4 cm³/mol. The van der Waals surface area contributed by atoms with E-state index in [4.69, 9.17) is 0 Å². The molecule has 2 rings (SSSR count). The molecule has 1 atom stereocenters. The highest BCUT2D eigenvalue weighted by Gasteiger charge is 2.10. The summed E-state index contributed by atoms with van der Waals surface area (Å²) in [5, 5.41) is 14.4. The second kappa shape index (κ2) is 6.78. The molecule has 0 fully saturated rings. The normalized spacial score (nSPS) is 12.6. The summed E-state index contributed by atoms with van der Waals surface area (Å²) in [6, 6.07) is 8.36. The van der Waals surface area contributed by atoms with Gasteiger partial charge in [-0.2, -0.15) is 5.10 Å². The lowest BCUT2D eigenvalue weighted by Crippen LogP contribution is -2.00. The fourth-order valence-electron chi connectivity index (χ4n) is 1.81. The Bertz CT molecular complexity index is 507. The minimum atomic E-state index is -0.461. The van der Waals surface area contributed by atoms with Gasteiger partial charge in [0.05, 0.1) is 12.3 Å². The zero-order valence-electron chi connectivity index (χ0n) is 11.4. The first-order valence-corrected chi connectivity index (χ1v) is 7.57. The Labute approximate surface area is 118 Å². The number of aliphatic hydroxyl groups is 1. The van der Waals surface area contributed by atoms with Crippen molar-refractivity contribution in [1.29, 1.82) is 0 Å². The van der Waals surface area contributed by atoms with Gasteiger partial charge in [-0.3, -0.25) is 4.68 Å².